The molecule has 0 aliphatic carbocycles. The number of rotatable bonds is 3. The topological polar surface area (TPSA) is 74.7 Å². The smallest absolute Gasteiger partial charge is 0.336 e. The van der Waals surface area contributed by atoms with E-state index in [0.717, 1.165) is 5.57 Å². The van der Waals surface area contributed by atoms with Crippen molar-refractivity contribution in [1.29, 1.82) is 0 Å². The molecule has 1 aliphatic heterocycles. The number of sulfonamides is 1. The standard InChI is InChI=1S/C14H16ClNO4S/c1-9-4-3-5-16(8-9)21(19,20)13-7-11(15)6-12(10(13)2)14(17)18/h4,6-7H,3,5,8H2,1-2H3,(H,17,18). The van der Waals surface area contributed by atoms with E-state index in [1.165, 1.54) is 23.4 Å². The molecule has 0 radical (unpaired) electrons. The number of carboxylic acid groups (broad SMARTS) is 1. The van der Waals surface area contributed by atoms with Gasteiger partial charge in [-0.25, -0.2) is 13.2 Å². The molecule has 1 aromatic carbocycles. The fourth-order valence-corrected chi connectivity index (χ4v) is 4.42. The Morgan fingerprint density at radius 3 is 2.57 bits per heavy atom. The number of halogens is 1. The minimum Gasteiger partial charge on any atom is -0.478 e. The van der Waals surface area contributed by atoms with Gasteiger partial charge in [0.1, 0.15) is 0 Å². The van der Waals surface area contributed by atoms with Crippen LogP contribution < -0.4 is 0 Å². The molecule has 0 bridgehead atoms. The van der Waals surface area contributed by atoms with Crippen LogP contribution in [0, 0.1) is 6.92 Å². The van der Waals surface area contributed by atoms with Crippen molar-refractivity contribution in [2.45, 2.75) is 25.2 Å². The molecular formula is C14H16ClNO4S. The molecule has 0 unspecified atom stereocenters. The predicted molar refractivity (Wildman–Crippen MR) is 80.3 cm³/mol. The van der Waals surface area contributed by atoms with Crippen LogP contribution in [0.15, 0.2) is 28.7 Å². The number of hydrogen-bond donors (Lipinski definition) is 1. The van der Waals surface area contributed by atoms with Gasteiger partial charge >= 0.3 is 5.97 Å². The van der Waals surface area contributed by atoms with Gasteiger partial charge in [-0.3, -0.25) is 0 Å². The minimum absolute atomic E-state index is 0.0397. The molecule has 1 aliphatic rings. The zero-order valence-electron chi connectivity index (χ0n) is 11.8. The summed E-state index contributed by atoms with van der Waals surface area (Å²) in [6.45, 7) is 4.05. The number of nitrogens with zero attached hydrogens (tertiary/aromatic N) is 1. The Morgan fingerprint density at radius 2 is 2.00 bits per heavy atom. The van der Waals surface area contributed by atoms with Crippen molar-refractivity contribution < 1.29 is 18.3 Å². The van der Waals surface area contributed by atoms with Crippen LogP contribution >= 0.6 is 11.6 Å². The van der Waals surface area contributed by atoms with Crippen LogP contribution in [0.1, 0.15) is 29.3 Å². The molecule has 0 saturated heterocycles. The maximum atomic E-state index is 12.7. The lowest BCUT2D eigenvalue weighted by molar-refractivity contribution is 0.0696. The van der Waals surface area contributed by atoms with E-state index in [9.17, 15) is 13.2 Å². The molecule has 0 fully saturated rings. The predicted octanol–water partition coefficient (Wildman–Crippen LogP) is 2.69. The third-order valence-electron chi connectivity index (χ3n) is 3.47. The van der Waals surface area contributed by atoms with Crippen molar-refractivity contribution >= 4 is 27.6 Å². The molecule has 1 aromatic rings. The average Bonchev–Trinajstić information content (AvgIpc) is 2.40. The summed E-state index contributed by atoms with van der Waals surface area (Å²) < 4.78 is 26.8. The zero-order valence-corrected chi connectivity index (χ0v) is 13.3. The molecule has 114 valence electrons. The largest absolute Gasteiger partial charge is 0.478 e. The Balaban J connectivity index is 2.55. The molecule has 1 N–H and O–H groups in total. The van der Waals surface area contributed by atoms with Gasteiger partial charge in [0.15, 0.2) is 0 Å². The van der Waals surface area contributed by atoms with Gasteiger partial charge in [-0.2, -0.15) is 4.31 Å². The molecule has 7 heteroatoms. The Labute approximate surface area is 128 Å². The first-order chi connectivity index (χ1) is 9.73. The Hall–Kier alpha value is -1.37. The second-order valence-corrected chi connectivity index (χ2v) is 7.40. The fraction of sp³-hybridized carbons (Fsp3) is 0.357. The van der Waals surface area contributed by atoms with Crippen molar-refractivity contribution in [3.05, 3.63) is 39.9 Å². The monoisotopic (exact) mass is 329 g/mol. The van der Waals surface area contributed by atoms with Crippen LogP contribution in [0.3, 0.4) is 0 Å². The van der Waals surface area contributed by atoms with Gasteiger partial charge in [-0.15, -0.1) is 0 Å². The Bertz CT molecular complexity index is 725. The van der Waals surface area contributed by atoms with Crippen LogP contribution in [0.5, 0.6) is 0 Å². The maximum Gasteiger partial charge on any atom is 0.336 e. The van der Waals surface area contributed by atoms with Gasteiger partial charge in [0, 0.05) is 18.1 Å². The number of carboxylic acids is 1. The number of hydrogen-bond acceptors (Lipinski definition) is 3. The second kappa shape index (κ2) is 5.79. The van der Waals surface area contributed by atoms with Crippen LogP contribution in [0.25, 0.3) is 0 Å². The van der Waals surface area contributed by atoms with Crippen LogP contribution in [-0.4, -0.2) is 36.9 Å². The summed E-state index contributed by atoms with van der Waals surface area (Å²) in [6.07, 6.45) is 2.65. The van der Waals surface area contributed by atoms with Crippen molar-refractivity contribution in [3.63, 3.8) is 0 Å². The highest BCUT2D eigenvalue weighted by molar-refractivity contribution is 7.89. The van der Waals surface area contributed by atoms with E-state index in [4.69, 9.17) is 16.7 Å². The van der Waals surface area contributed by atoms with Crippen molar-refractivity contribution in [2.75, 3.05) is 13.1 Å². The van der Waals surface area contributed by atoms with E-state index in [0.29, 0.717) is 19.5 Å². The summed E-state index contributed by atoms with van der Waals surface area (Å²) in [5.74, 6) is -1.19. The summed E-state index contributed by atoms with van der Waals surface area (Å²) in [5, 5.41) is 9.25. The summed E-state index contributed by atoms with van der Waals surface area (Å²) in [5.41, 5.74) is 1.09. The second-order valence-electron chi connectivity index (χ2n) is 5.06. The van der Waals surface area contributed by atoms with Gasteiger partial charge in [0.25, 0.3) is 0 Å². The van der Waals surface area contributed by atoms with Crippen molar-refractivity contribution in [3.8, 4) is 0 Å². The van der Waals surface area contributed by atoms with E-state index in [1.54, 1.807) is 0 Å². The highest BCUT2D eigenvalue weighted by Crippen LogP contribution is 2.28. The van der Waals surface area contributed by atoms with Crippen molar-refractivity contribution in [2.24, 2.45) is 0 Å². The Morgan fingerprint density at radius 1 is 1.33 bits per heavy atom. The summed E-state index contributed by atoms with van der Waals surface area (Å²) >= 11 is 5.88. The van der Waals surface area contributed by atoms with Gasteiger partial charge < -0.3 is 5.11 Å². The zero-order chi connectivity index (χ0) is 15.8. The van der Waals surface area contributed by atoms with Gasteiger partial charge in [0.05, 0.1) is 10.5 Å². The molecule has 0 aromatic heterocycles. The number of carbonyl (C=O) groups is 1. The third-order valence-corrected chi connectivity index (χ3v) is 5.66. The molecule has 0 spiro atoms. The minimum atomic E-state index is -3.76. The number of benzene rings is 1. The first-order valence-electron chi connectivity index (χ1n) is 6.42. The molecule has 0 amide bonds. The summed E-state index contributed by atoms with van der Waals surface area (Å²) in [6, 6.07) is 2.58. The molecule has 2 rings (SSSR count). The molecule has 0 saturated carbocycles. The molecule has 5 nitrogen and oxygen atoms in total. The Kier molecular flexibility index (Phi) is 4.41. The lowest BCUT2D eigenvalue weighted by Gasteiger charge is -2.26. The molecular weight excluding hydrogens is 314 g/mol. The first kappa shape index (κ1) is 16.0. The van der Waals surface area contributed by atoms with E-state index in [2.05, 4.69) is 0 Å². The third kappa shape index (κ3) is 3.12. The normalized spacial score (nSPS) is 16.6. The van der Waals surface area contributed by atoms with Gasteiger partial charge in [-0.1, -0.05) is 23.3 Å². The first-order valence-corrected chi connectivity index (χ1v) is 8.24. The highest BCUT2D eigenvalue weighted by Gasteiger charge is 2.29. The molecule has 0 atom stereocenters. The number of aromatic carboxylic acids is 1. The average molecular weight is 330 g/mol. The van der Waals surface area contributed by atoms with Crippen LogP contribution in [0.4, 0.5) is 0 Å². The SMILES string of the molecule is CC1=CCCN(S(=O)(=O)c2cc(Cl)cc(C(=O)O)c2C)C1. The fourth-order valence-electron chi connectivity index (χ4n) is 2.37. The quantitative estimate of drug-likeness (QED) is 0.865. The summed E-state index contributed by atoms with van der Waals surface area (Å²) in [7, 11) is -3.76. The van der Waals surface area contributed by atoms with E-state index < -0.39 is 16.0 Å². The van der Waals surface area contributed by atoms with E-state index in [1.807, 2.05) is 13.0 Å². The van der Waals surface area contributed by atoms with E-state index >= 15 is 0 Å². The molecule has 21 heavy (non-hydrogen) atoms. The van der Waals surface area contributed by atoms with Crippen LogP contribution in [-0.2, 0) is 10.0 Å². The van der Waals surface area contributed by atoms with Gasteiger partial charge in [0.2, 0.25) is 10.0 Å². The van der Waals surface area contributed by atoms with Gasteiger partial charge in [-0.05, 0) is 38.0 Å². The van der Waals surface area contributed by atoms with E-state index in [-0.39, 0.29) is 21.0 Å². The van der Waals surface area contributed by atoms with Crippen LogP contribution in [0.2, 0.25) is 5.02 Å². The molecule has 1 heterocycles. The maximum absolute atomic E-state index is 12.7. The van der Waals surface area contributed by atoms with Crippen molar-refractivity contribution in [1.82, 2.24) is 4.31 Å². The highest BCUT2D eigenvalue weighted by atomic mass is 35.5. The lowest BCUT2D eigenvalue weighted by Crippen LogP contribution is -2.36. The summed E-state index contributed by atoms with van der Waals surface area (Å²) in [4.78, 5) is 11.2. The lowest BCUT2D eigenvalue weighted by atomic mass is 10.1.